The Labute approximate surface area is 164 Å². The van der Waals surface area contributed by atoms with Gasteiger partial charge in [-0.2, -0.15) is 0 Å². The summed E-state index contributed by atoms with van der Waals surface area (Å²) in [5.41, 5.74) is 5.23. The van der Waals surface area contributed by atoms with Gasteiger partial charge < -0.3 is 5.32 Å². The summed E-state index contributed by atoms with van der Waals surface area (Å²) in [5.74, 6) is -1.40. The molecular weight excluding hydrogens is 401 g/mol. The van der Waals surface area contributed by atoms with Gasteiger partial charge in [0.05, 0.1) is 10.7 Å². The number of hydrazine groups is 1. The van der Waals surface area contributed by atoms with Gasteiger partial charge >= 0.3 is 0 Å². The fraction of sp³-hybridized carbons (Fsp3) is 0.118. The van der Waals surface area contributed by atoms with Crippen molar-refractivity contribution in [3.8, 4) is 0 Å². The maximum atomic E-state index is 11.9. The summed E-state index contributed by atoms with van der Waals surface area (Å²) in [5, 5.41) is 3.82. The van der Waals surface area contributed by atoms with Crippen LogP contribution in [-0.4, -0.2) is 17.7 Å². The molecular formula is C17H14Cl3N3O3. The zero-order valence-electron chi connectivity index (χ0n) is 13.3. The van der Waals surface area contributed by atoms with Gasteiger partial charge in [-0.1, -0.05) is 34.8 Å². The van der Waals surface area contributed by atoms with Crippen LogP contribution in [0.1, 0.15) is 23.2 Å². The lowest BCUT2D eigenvalue weighted by Gasteiger charge is -2.09. The van der Waals surface area contributed by atoms with Crippen molar-refractivity contribution in [1.29, 1.82) is 0 Å². The molecule has 0 aliphatic rings. The van der Waals surface area contributed by atoms with Crippen LogP contribution in [0.25, 0.3) is 0 Å². The van der Waals surface area contributed by atoms with Crippen LogP contribution >= 0.6 is 34.8 Å². The number of hydrogen-bond donors (Lipinski definition) is 3. The molecule has 2 aromatic rings. The first kappa shape index (κ1) is 20.0. The molecule has 9 heteroatoms. The van der Waals surface area contributed by atoms with Crippen LogP contribution in [-0.2, 0) is 9.59 Å². The van der Waals surface area contributed by atoms with E-state index in [1.165, 1.54) is 18.2 Å². The van der Waals surface area contributed by atoms with Crippen molar-refractivity contribution in [2.75, 3.05) is 5.32 Å². The van der Waals surface area contributed by atoms with E-state index in [0.717, 1.165) is 0 Å². The zero-order valence-corrected chi connectivity index (χ0v) is 15.6. The third-order valence-electron chi connectivity index (χ3n) is 3.21. The topological polar surface area (TPSA) is 87.3 Å². The molecule has 0 aromatic heterocycles. The highest BCUT2D eigenvalue weighted by Crippen LogP contribution is 2.25. The summed E-state index contributed by atoms with van der Waals surface area (Å²) < 4.78 is 0. The van der Waals surface area contributed by atoms with Crippen molar-refractivity contribution in [1.82, 2.24) is 10.9 Å². The van der Waals surface area contributed by atoms with E-state index in [1.54, 1.807) is 24.3 Å². The second-order valence-corrected chi connectivity index (χ2v) is 6.46. The first-order chi connectivity index (χ1) is 12.3. The highest BCUT2D eigenvalue weighted by Gasteiger charge is 2.11. The molecule has 0 aliphatic carbocycles. The predicted octanol–water partition coefficient (Wildman–Crippen LogP) is 3.83. The Morgan fingerprint density at radius 1 is 0.769 bits per heavy atom. The third-order valence-corrected chi connectivity index (χ3v) is 4.01. The van der Waals surface area contributed by atoms with Gasteiger partial charge in [0.1, 0.15) is 0 Å². The maximum absolute atomic E-state index is 11.9. The first-order valence-electron chi connectivity index (χ1n) is 7.45. The number of hydrogen-bond acceptors (Lipinski definition) is 3. The van der Waals surface area contributed by atoms with Crippen molar-refractivity contribution >= 4 is 58.2 Å². The highest BCUT2D eigenvalue weighted by molar-refractivity contribution is 6.36. The zero-order chi connectivity index (χ0) is 19.1. The lowest BCUT2D eigenvalue weighted by atomic mass is 10.2. The number of rotatable bonds is 5. The quantitative estimate of drug-likeness (QED) is 0.650. The number of carbonyl (C=O) groups excluding carboxylic acids is 3. The van der Waals surface area contributed by atoms with Gasteiger partial charge in [0.25, 0.3) is 5.91 Å². The molecule has 0 saturated carbocycles. The minimum atomic E-state index is -0.510. The van der Waals surface area contributed by atoms with Crippen LogP contribution < -0.4 is 16.2 Å². The molecule has 136 valence electrons. The molecule has 6 nitrogen and oxygen atoms in total. The Balaban J connectivity index is 1.74. The van der Waals surface area contributed by atoms with E-state index >= 15 is 0 Å². The van der Waals surface area contributed by atoms with Crippen LogP contribution in [0.2, 0.25) is 15.1 Å². The van der Waals surface area contributed by atoms with E-state index < -0.39 is 17.7 Å². The van der Waals surface area contributed by atoms with E-state index in [9.17, 15) is 14.4 Å². The van der Waals surface area contributed by atoms with Crippen LogP contribution in [0.4, 0.5) is 5.69 Å². The lowest BCUT2D eigenvalue weighted by Crippen LogP contribution is -2.41. The van der Waals surface area contributed by atoms with Crippen molar-refractivity contribution in [2.45, 2.75) is 12.8 Å². The van der Waals surface area contributed by atoms with Crippen LogP contribution in [0, 0.1) is 0 Å². The number of halogens is 3. The van der Waals surface area contributed by atoms with Crippen LogP contribution in [0.3, 0.4) is 0 Å². The standard InChI is InChI=1S/C17H14Cl3N3O3/c18-11-3-1-10(2-4-11)17(26)23-22-16(25)8-7-15(24)21-14-6-5-12(19)9-13(14)20/h1-6,9H,7-8H2,(H,21,24)(H,22,25)(H,23,26). The third kappa shape index (κ3) is 6.22. The van der Waals surface area contributed by atoms with Crippen molar-refractivity contribution in [3.63, 3.8) is 0 Å². The highest BCUT2D eigenvalue weighted by atomic mass is 35.5. The van der Waals surface area contributed by atoms with E-state index in [4.69, 9.17) is 34.8 Å². The monoisotopic (exact) mass is 413 g/mol. The second kappa shape index (κ2) is 9.43. The van der Waals surface area contributed by atoms with Crippen molar-refractivity contribution < 1.29 is 14.4 Å². The Kier molecular flexibility index (Phi) is 7.26. The maximum Gasteiger partial charge on any atom is 0.269 e. The van der Waals surface area contributed by atoms with Crippen molar-refractivity contribution in [3.05, 3.63) is 63.1 Å². The second-order valence-electron chi connectivity index (χ2n) is 5.18. The number of carbonyl (C=O) groups is 3. The SMILES string of the molecule is O=C(CCC(=O)Nc1ccc(Cl)cc1Cl)NNC(=O)c1ccc(Cl)cc1. The van der Waals surface area contributed by atoms with Gasteiger partial charge in [-0.25, -0.2) is 0 Å². The number of benzene rings is 2. The molecule has 0 aliphatic heterocycles. The predicted molar refractivity (Wildman–Crippen MR) is 101 cm³/mol. The van der Waals surface area contributed by atoms with Crippen LogP contribution in [0.15, 0.2) is 42.5 Å². The van der Waals surface area contributed by atoms with Crippen LogP contribution in [0.5, 0.6) is 0 Å². The molecule has 0 bridgehead atoms. The van der Waals surface area contributed by atoms with Gasteiger partial charge in [0.15, 0.2) is 0 Å². The Bertz CT molecular complexity index is 826. The molecule has 0 spiro atoms. The smallest absolute Gasteiger partial charge is 0.269 e. The van der Waals surface area contributed by atoms with E-state index in [2.05, 4.69) is 16.2 Å². The van der Waals surface area contributed by atoms with E-state index in [1.807, 2.05) is 0 Å². The van der Waals surface area contributed by atoms with Gasteiger partial charge in [-0.05, 0) is 42.5 Å². The average Bonchev–Trinajstić information content (AvgIpc) is 2.61. The largest absolute Gasteiger partial charge is 0.325 e. The minimum absolute atomic E-state index is 0.0817. The van der Waals surface area contributed by atoms with E-state index in [-0.39, 0.29) is 12.8 Å². The van der Waals surface area contributed by atoms with Gasteiger partial charge in [0.2, 0.25) is 11.8 Å². The Morgan fingerprint density at radius 2 is 1.38 bits per heavy atom. The van der Waals surface area contributed by atoms with Gasteiger partial charge in [0, 0.05) is 28.5 Å². The van der Waals surface area contributed by atoms with E-state index in [0.29, 0.717) is 26.3 Å². The molecule has 0 radical (unpaired) electrons. The van der Waals surface area contributed by atoms with Gasteiger partial charge in [-0.3, -0.25) is 25.2 Å². The molecule has 3 amide bonds. The molecule has 0 saturated heterocycles. The first-order valence-corrected chi connectivity index (χ1v) is 8.58. The molecule has 0 unspecified atom stereocenters. The van der Waals surface area contributed by atoms with Crippen molar-refractivity contribution in [2.24, 2.45) is 0 Å². The molecule has 26 heavy (non-hydrogen) atoms. The number of anilines is 1. The fourth-order valence-electron chi connectivity index (χ4n) is 1.89. The Hall–Kier alpha value is -2.28. The van der Waals surface area contributed by atoms with Gasteiger partial charge in [-0.15, -0.1) is 0 Å². The summed E-state index contributed by atoms with van der Waals surface area (Å²) in [6, 6.07) is 10.8. The molecule has 0 fully saturated rings. The Morgan fingerprint density at radius 3 is 2.04 bits per heavy atom. The summed E-state index contributed by atoms with van der Waals surface area (Å²) in [6.07, 6.45) is -0.195. The molecule has 0 heterocycles. The minimum Gasteiger partial charge on any atom is -0.325 e. The molecule has 0 atom stereocenters. The molecule has 3 N–H and O–H groups in total. The normalized spacial score (nSPS) is 10.1. The molecule has 2 aromatic carbocycles. The fourth-order valence-corrected chi connectivity index (χ4v) is 2.47. The summed E-state index contributed by atoms with van der Waals surface area (Å²) >= 11 is 17.5. The summed E-state index contributed by atoms with van der Waals surface area (Å²) in [6.45, 7) is 0. The number of amides is 3. The lowest BCUT2D eigenvalue weighted by molar-refractivity contribution is -0.124. The summed E-state index contributed by atoms with van der Waals surface area (Å²) in [4.78, 5) is 35.4. The average molecular weight is 415 g/mol. The summed E-state index contributed by atoms with van der Waals surface area (Å²) in [7, 11) is 0. The number of nitrogens with one attached hydrogen (secondary N) is 3. The molecule has 2 rings (SSSR count).